The highest BCUT2D eigenvalue weighted by Gasteiger charge is 2.18. The molecule has 33 heavy (non-hydrogen) atoms. The number of benzene rings is 2. The quantitative estimate of drug-likeness (QED) is 0.573. The van der Waals surface area contributed by atoms with Crippen LogP contribution in [0.2, 0.25) is 0 Å². The van der Waals surface area contributed by atoms with Crippen molar-refractivity contribution in [2.75, 3.05) is 45.3 Å². The molecule has 0 unspecified atom stereocenters. The minimum atomic E-state index is -0.357. The zero-order valence-corrected chi connectivity index (χ0v) is 18.4. The van der Waals surface area contributed by atoms with Gasteiger partial charge >= 0.3 is 6.03 Å². The smallest absolute Gasteiger partial charge is 0.319 e. The first kappa shape index (κ1) is 22.3. The summed E-state index contributed by atoms with van der Waals surface area (Å²) in [5, 5.41) is 5.56. The zero-order chi connectivity index (χ0) is 23.0. The first-order chi connectivity index (χ1) is 16.1. The van der Waals surface area contributed by atoms with E-state index in [1.165, 1.54) is 0 Å². The van der Waals surface area contributed by atoms with Gasteiger partial charge in [0, 0.05) is 42.9 Å². The normalized spacial score (nSPS) is 13.4. The Bertz CT molecular complexity index is 1090. The van der Waals surface area contributed by atoms with Gasteiger partial charge in [-0.15, -0.1) is 0 Å². The molecular formula is C24H26N4O5. The summed E-state index contributed by atoms with van der Waals surface area (Å²) in [6.07, 6.45) is 2.10. The number of oxazole rings is 1. The van der Waals surface area contributed by atoms with Gasteiger partial charge in [-0.05, 0) is 42.5 Å². The van der Waals surface area contributed by atoms with Gasteiger partial charge in [0.2, 0.25) is 5.89 Å². The van der Waals surface area contributed by atoms with Crippen LogP contribution in [0.15, 0.2) is 59.2 Å². The van der Waals surface area contributed by atoms with Crippen LogP contribution in [0.4, 0.5) is 10.5 Å². The number of hydrogen-bond acceptors (Lipinski definition) is 6. The molecule has 0 radical (unpaired) electrons. The van der Waals surface area contributed by atoms with Crippen molar-refractivity contribution >= 4 is 17.6 Å². The van der Waals surface area contributed by atoms with Crippen molar-refractivity contribution in [1.82, 2.24) is 15.2 Å². The average molecular weight is 450 g/mol. The Balaban J connectivity index is 1.26. The summed E-state index contributed by atoms with van der Waals surface area (Å²) in [5.41, 5.74) is 2.66. The number of urea groups is 1. The van der Waals surface area contributed by atoms with E-state index in [1.807, 2.05) is 24.3 Å². The minimum Gasteiger partial charge on any atom is -0.497 e. The maximum absolute atomic E-state index is 12.6. The van der Waals surface area contributed by atoms with Crippen molar-refractivity contribution in [3.05, 3.63) is 66.1 Å². The summed E-state index contributed by atoms with van der Waals surface area (Å²) in [6.45, 7) is 2.60. The second-order valence-electron chi connectivity index (χ2n) is 7.49. The molecule has 1 aliphatic rings. The summed E-state index contributed by atoms with van der Waals surface area (Å²) in [7, 11) is 1.61. The van der Waals surface area contributed by atoms with E-state index in [2.05, 4.69) is 15.6 Å². The number of nitrogens with one attached hydrogen (secondary N) is 2. The highest BCUT2D eigenvalue weighted by molar-refractivity contribution is 5.97. The standard InChI is InChI=1S/C24H26N4O5/c1-31-21-7-5-17(6-8-21)22-26-20(16-33-22)9-10-25-24(30)27-19-4-2-3-18(15-19)23(29)28-11-13-32-14-12-28/h2-8,15-16H,9-14H2,1H3,(H2,25,27,30). The third-order valence-electron chi connectivity index (χ3n) is 5.22. The molecule has 0 saturated carbocycles. The summed E-state index contributed by atoms with van der Waals surface area (Å²) < 4.78 is 16.0. The molecular weight excluding hydrogens is 424 g/mol. The first-order valence-corrected chi connectivity index (χ1v) is 10.7. The molecule has 3 aromatic rings. The van der Waals surface area contributed by atoms with Crippen molar-refractivity contribution in [1.29, 1.82) is 0 Å². The predicted octanol–water partition coefficient (Wildman–Crippen LogP) is 3.19. The van der Waals surface area contributed by atoms with Crippen LogP contribution < -0.4 is 15.4 Å². The van der Waals surface area contributed by atoms with Crippen LogP contribution >= 0.6 is 0 Å². The second-order valence-corrected chi connectivity index (χ2v) is 7.49. The Morgan fingerprint density at radius 3 is 2.67 bits per heavy atom. The van der Waals surface area contributed by atoms with E-state index in [0.29, 0.717) is 56.4 Å². The SMILES string of the molecule is COc1ccc(-c2nc(CCNC(=O)Nc3cccc(C(=O)N4CCOCC4)c3)co2)cc1. The van der Waals surface area contributed by atoms with E-state index >= 15 is 0 Å². The van der Waals surface area contributed by atoms with Crippen LogP contribution in [-0.4, -0.2) is 61.8 Å². The lowest BCUT2D eigenvalue weighted by atomic mass is 10.1. The topological polar surface area (TPSA) is 106 Å². The van der Waals surface area contributed by atoms with Crippen LogP contribution in [-0.2, 0) is 11.2 Å². The fourth-order valence-electron chi connectivity index (χ4n) is 3.45. The lowest BCUT2D eigenvalue weighted by Crippen LogP contribution is -2.40. The fourth-order valence-corrected chi connectivity index (χ4v) is 3.45. The number of anilines is 1. The monoisotopic (exact) mass is 450 g/mol. The number of rotatable bonds is 7. The molecule has 3 amide bonds. The molecule has 0 aliphatic carbocycles. The van der Waals surface area contributed by atoms with Gasteiger partial charge in [-0.3, -0.25) is 4.79 Å². The molecule has 2 aromatic carbocycles. The zero-order valence-electron chi connectivity index (χ0n) is 18.4. The summed E-state index contributed by atoms with van der Waals surface area (Å²) in [6, 6.07) is 14.0. The van der Waals surface area contributed by atoms with Crippen molar-refractivity contribution < 1.29 is 23.5 Å². The third kappa shape index (κ3) is 5.89. The maximum atomic E-state index is 12.6. The Labute approximate surface area is 191 Å². The van der Waals surface area contributed by atoms with E-state index in [0.717, 1.165) is 17.0 Å². The Morgan fingerprint density at radius 1 is 1.12 bits per heavy atom. The molecule has 1 aromatic heterocycles. The van der Waals surface area contributed by atoms with Crippen LogP contribution in [0.5, 0.6) is 5.75 Å². The molecule has 0 atom stereocenters. The van der Waals surface area contributed by atoms with E-state index in [1.54, 1.807) is 42.5 Å². The molecule has 0 spiro atoms. The summed E-state index contributed by atoms with van der Waals surface area (Å²) >= 11 is 0. The van der Waals surface area contributed by atoms with Crippen LogP contribution in [0, 0.1) is 0 Å². The maximum Gasteiger partial charge on any atom is 0.319 e. The van der Waals surface area contributed by atoms with Gasteiger partial charge in [0.15, 0.2) is 0 Å². The summed E-state index contributed by atoms with van der Waals surface area (Å²) in [5.74, 6) is 1.21. The van der Waals surface area contributed by atoms with Gasteiger partial charge in [-0.25, -0.2) is 9.78 Å². The Morgan fingerprint density at radius 2 is 1.91 bits per heavy atom. The van der Waals surface area contributed by atoms with Crippen molar-refractivity contribution in [2.24, 2.45) is 0 Å². The van der Waals surface area contributed by atoms with E-state index in [-0.39, 0.29) is 11.9 Å². The van der Waals surface area contributed by atoms with Crippen LogP contribution in [0.25, 0.3) is 11.5 Å². The molecule has 9 heteroatoms. The number of carbonyl (C=O) groups is 2. The number of amides is 3. The minimum absolute atomic E-state index is 0.0685. The van der Waals surface area contributed by atoms with Crippen LogP contribution in [0.1, 0.15) is 16.1 Å². The molecule has 1 fully saturated rings. The number of nitrogens with zero attached hydrogens (tertiary/aromatic N) is 2. The second kappa shape index (κ2) is 10.6. The van der Waals surface area contributed by atoms with Gasteiger partial charge in [-0.2, -0.15) is 0 Å². The summed E-state index contributed by atoms with van der Waals surface area (Å²) in [4.78, 5) is 31.1. The molecule has 172 valence electrons. The molecule has 2 heterocycles. The van der Waals surface area contributed by atoms with Gasteiger partial charge in [-0.1, -0.05) is 6.07 Å². The number of aromatic nitrogens is 1. The average Bonchev–Trinajstić information content (AvgIpc) is 3.33. The molecule has 1 aliphatic heterocycles. The number of morpholine rings is 1. The highest BCUT2D eigenvalue weighted by Crippen LogP contribution is 2.22. The van der Waals surface area contributed by atoms with Crippen molar-refractivity contribution in [2.45, 2.75) is 6.42 Å². The number of ether oxygens (including phenoxy) is 2. The molecule has 4 rings (SSSR count). The van der Waals surface area contributed by atoms with Crippen molar-refractivity contribution in [3.8, 4) is 17.2 Å². The lowest BCUT2D eigenvalue weighted by molar-refractivity contribution is 0.0303. The molecule has 1 saturated heterocycles. The van der Waals surface area contributed by atoms with E-state index in [9.17, 15) is 9.59 Å². The van der Waals surface area contributed by atoms with Gasteiger partial charge in [0.25, 0.3) is 5.91 Å². The lowest BCUT2D eigenvalue weighted by Gasteiger charge is -2.27. The largest absolute Gasteiger partial charge is 0.497 e. The number of methoxy groups -OCH3 is 1. The highest BCUT2D eigenvalue weighted by atomic mass is 16.5. The Kier molecular flexibility index (Phi) is 7.21. The van der Waals surface area contributed by atoms with E-state index < -0.39 is 0 Å². The molecule has 9 nitrogen and oxygen atoms in total. The third-order valence-corrected chi connectivity index (χ3v) is 5.22. The van der Waals surface area contributed by atoms with Gasteiger partial charge in [0.05, 0.1) is 26.0 Å². The molecule has 2 N–H and O–H groups in total. The van der Waals surface area contributed by atoms with E-state index in [4.69, 9.17) is 13.9 Å². The van der Waals surface area contributed by atoms with Crippen molar-refractivity contribution in [3.63, 3.8) is 0 Å². The first-order valence-electron chi connectivity index (χ1n) is 10.7. The predicted molar refractivity (Wildman–Crippen MR) is 122 cm³/mol. The van der Waals surface area contributed by atoms with Crippen LogP contribution in [0.3, 0.4) is 0 Å². The fraction of sp³-hybridized carbons (Fsp3) is 0.292. The molecule has 0 bridgehead atoms. The number of carbonyl (C=O) groups excluding carboxylic acids is 2. The number of hydrogen-bond donors (Lipinski definition) is 2. The van der Waals surface area contributed by atoms with Gasteiger partial charge < -0.3 is 29.4 Å². The Hall–Kier alpha value is -3.85. The van der Waals surface area contributed by atoms with Gasteiger partial charge in [0.1, 0.15) is 12.0 Å².